The van der Waals surface area contributed by atoms with Crippen LogP contribution in [0.5, 0.6) is 0 Å². The summed E-state index contributed by atoms with van der Waals surface area (Å²) in [5.74, 6) is -3.36. The largest absolute Gasteiger partial charge is 0.478 e. The maximum absolute atomic E-state index is 14.3. The summed E-state index contributed by atoms with van der Waals surface area (Å²) in [5.41, 5.74) is 14.0. The lowest BCUT2D eigenvalue weighted by Crippen LogP contribution is -2.44. The molecule has 2 aromatic heterocycles. The van der Waals surface area contributed by atoms with Crippen LogP contribution in [-0.2, 0) is 42.5 Å². The van der Waals surface area contributed by atoms with E-state index in [0.717, 1.165) is 109 Å². The van der Waals surface area contributed by atoms with Crippen LogP contribution < -0.4 is 15.6 Å². The van der Waals surface area contributed by atoms with Gasteiger partial charge < -0.3 is 14.2 Å². The number of hydrogen-bond donors (Lipinski definition) is 4. The molecule has 10 rings (SSSR count). The van der Waals surface area contributed by atoms with Crippen molar-refractivity contribution in [2.45, 2.75) is 128 Å². The number of aromatic nitrogens is 2. The van der Waals surface area contributed by atoms with Gasteiger partial charge >= 0.3 is 16.2 Å². The van der Waals surface area contributed by atoms with Crippen molar-refractivity contribution >= 4 is 73.6 Å². The van der Waals surface area contributed by atoms with E-state index in [2.05, 4.69) is 24.7 Å². The first kappa shape index (κ1) is 52.4. The van der Waals surface area contributed by atoms with Gasteiger partial charge in [-0.05, 0) is 116 Å². The quantitative estimate of drug-likeness (QED) is 0.0986. The first-order valence-electron chi connectivity index (χ1n) is 26.8. The van der Waals surface area contributed by atoms with Crippen LogP contribution in [0, 0.1) is 11.8 Å². The zero-order chi connectivity index (χ0) is 53.7. The second kappa shape index (κ2) is 21.2. The Morgan fingerprint density at radius 1 is 0.671 bits per heavy atom. The predicted molar refractivity (Wildman–Crippen MR) is 290 cm³/mol. The number of fused-ring (bicyclic) bond motifs is 10. The highest BCUT2D eigenvalue weighted by Gasteiger charge is 2.41. The van der Waals surface area contributed by atoms with Crippen LogP contribution in [0.15, 0.2) is 77.9 Å². The summed E-state index contributed by atoms with van der Waals surface area (Å²) in [6.07, 6.45) is 16.3. The van der Waals surface area contributed by atoms with Crippen LogP contribution in [0.2, 0.25) is 0 Å². The Morgan fingerprint density at radius 2 is 1.24 bits per heavy atom. The van der Waals surface area contributed by atoms with E-state index < -0.39 is 39.8 Å². The minimum absolute atomic E-state index is 0.0548. The first-order valence-corrected chi connectivity index (χ1v) is 28.3. The van der Waals surface area contributed by atoms with Crippen molar-refractivity contribution in [3.63, 3.8) is 0 Å². The number of likely N-dealkylation sites (N-methyl/N-ethyl adjacent to an activating group) is 2. The van der Waals surface area contributed by atoms with E-state index in [0.29, 0.717) is 35.9 Å². The van der Waals surface area contributed by atoms with E-state index >= 15 is 0 Å². The molecule has 17 nitrogen and oxygen atoms in total. The minimum Gasteiger partial charge on any atom is -0.478 e. The number of rotatable bonds is 10. The van der Waals surface area contributed by atoms with E-state index in [9.17, 15) is 42.3 Å². The number of nitrogens with zero attached hydrogens (tertiary/aromatic N) is 5. The average Bonchev–Trinajstić information content (AvgIpc) is 3.85. The van der Waals surface area contributed by atoms with Crippen LogP contribution in [0.25, 0.3) is 39.1 Å². The van der Waals surface area contributed by atoms with Gasteiger partial charge in [0.2, 0.25) is 11.8 Å². The number of carbonyl (C=O) groups excluding carboxylic acids is 5. The molecule has 5 aromatic rings. The summed E-state index contributed by atoms with van der Waals surface area (Å²) in [6, 6.07) is 18.5. The number of amides is 5. The summed E-state index contributed by atoms with van der Waals surface area (Å²) >= 11 is 0. The maximum Gasteiger partial charge on any atom is 0.335 e. The molecule has 400 valence electrons. The van der Waals surface area contributed by atoms with Gasteiger partial charge in [-0.2, -0.15) is 12.7 Å². The van der Waals surface area contributed by atoms with Gasteiger partial charge in [0.25, 0.3) is 17.7 Å². The average molecular weight is 1050 g/mol. The first-order chi connectivity index (χ1) is 36.4. The number of hydrazine groups is 2. The number of carboxylic acids is 1. The topological polar surface area (TPSA) is 212 Å². The van der Waals surface area contributed by atoms with E-state index in [-0.39, 0.29) is 66.3 Å². The van der Waals surface area contributed by atoms with Gasteiger partial charge in [-0.1, -0.05) is 81.0 Å². The molecule has 2 aliphatic heterocycles. The molecule has 0 spiro atoms. The molecule has 2 unspecified atom stereocenters. The molecule has 3 atom stereocenters. The van der Waals surface area contributed by atoms with Crippen molar-refractivity contribution in [1.29, 1.82) is 0 Å². The minimum atomic E-state index is -4.39. The molecule has 5 amide bonds. The van der Waals surface area contributed by atoms with Crippen LogP contribution in [0.4, 0.5) is 0 Å². The Morgan fingerprint density at radius 3 is 1.88 bits per heavy atom. The number of allylic oxidation sites excluding steroid dienone is 1. The zero-order valence-corrected chi connectivity index (χ0v) is 44.8. The van der Waals surface area contributed by atoms with E-state index in [1.165, 1.54) is 54.9 Å². The Balaban J connectivity index is 0.947. The molecule has 3 fully saturated rings. The van der Waals surface area contributed by atoms with Crippen molar-refractivity contribution in [1.82, 2.24) is 39.0 Å². The van der Waals surface area contributed by atoms with Crippen LogP contribution in [0.1, 0.15) is 158 Å². The molecule has 3 aromatic carbocycles. The van der Waals surface area contributed by atoms with Gasteiger partial charge in [0.15, 0.2) is 0 Å². The van der Waals surface area contributed by atoms with E-state index in [4.69, 9.17) is 0 Å². The highest BCUT2D eigenvalue weighted by molar-refractivity contribution is 7.87. The molecular weight excluding hydrogens is 985 g/mol. The molecule has 76 heavy (non-hydrogen) atoms. The third-order valence-corrected chi connectivity index (χ3v) is 18.1. The maximum atomic E-state index is 14.3. The third kappa shape index (κ3) is 10.1. The van der Waals surface area contributed by atoms with Crippen molar-refractivity contribution in [3.8, 4) is 11.3 Å². The molecule has 18 heteroatoms. The molecule has 0 saturated heterocycles. The lowest BCUT2D eigenvalue weighted by atomic mass is 9.70. The lowest BCUT2D eigenvalue weighted by molar-refractivity contribution is -0.136. The molecule has 4 heterocycles. The SMILES string of the molecule is CC(=O)NN(C)C(=O)C1=Cc2ccccc2-c2c(C3CCCCC3)c3ccc(C(=O)NS(=O)(=O)N(C)C[C@H]4CCC5c6c(C7CCCCC7)c7ccc(C(=O)O)cc7n6CC(C(=O)N(C)NC(C)=O)=CC5C4)cc3n2C1. The lowest BCUT2D eigenvalue weighted by Gasteiger charge is -2.37. The fourth-order valence-corrected chi connectivity index (χ4v) is 14.3. The third-order valence-electron chi connectivity index (χ3n) is 16.7. The Kier molecular flexibility index (Phi) is 14.6. The molecule has 5 aliphatic rings. The summed E-state index contributed by atoms with van der Waals surface area (Å²) in [5, 5.41) is 14.4. The standard InChI is InChI=1S/C58H68N8O9S/c1-34(67)59-63(4)56(70)43-27-39-18-12-13-19-45(39)53-51(37-14-8-6-9-15-37)47-24-21-40(29-49(47)65(53)32-43)55(69)61-76(74,75)62(3)31-36-20-23-46-42(26-36)28-44(57(71)64(5)60-35(2)68)33-66-50-30-41(58(72)73)22-25-48(50)52(54(46)66)38-16-10-7-11-17-38/h12-13,18-19,21-22,24-25,27-30,36-38,42,46H,6-11,14-17,20,23,26,31-33H2,1-5H3,(H,59,67)(H,60,68)(H,61,69)(H,72,73)/t36-,42?,46?/m0/s1. The molecule has 0 bridgehead atoms. The number of benzene rings is 3. The van der Waals surface area contributed by atoms with Crippen LogP contribution >= 0.6 is 0 Å². The van der Waals surface area contributed by atoms with Gasteiger partial charge in [-0.3, -0.25) is 44.8 Å². The molecular formula is C58H68N8O9S. The van der Waals surface area contributed by atoms with Gasteiger partial charge in [0.1, 0.15) is 0 Å². The smallest absolute Gasteiger partial charge is 0.335 e. The summed E-state index contributed by atoms with van der Waals surface area (Å²) < 4.78 is 36.4. The monoisotopic (exact) mass is 1050 g/mol. The summed E-state index contributed by atoms with van der Waals surface area (Å²) in [7, 11) is 0.0813. The summed E-state index contributed by atoms with van der Waals surface area (Å²) in [4.78, 5) is 79.1. The highest BCUT2D eigenvalue weighted by Crippen LogP contribution is 2.51. The fourth-order valence-electron chi connectivity index (χ4n) is 13.4. The van der Waals surface area contributed by atoms with Crippen LogP contribution in [0.3, 0.4) is 0 Å². The van der Waals surface area contributed by atoms with Crippen molar-refractivity contribution in [3.05, 3.63) is 111 Å². The van der Waals surface area contributed by atoms with Gasteiger partial charge in [-0.15, -0.1) is 0 Å². The van der Waals surface area contributed by atoms with Gasteiger partial charge in [0.05, 0.1) is 24.3 Å². The van der Waals surface area contributed by atoms with Crippen molar-refractivity contribution < 1.29 is 42.3 Å². The highest BCUT2D eigenvalue weighted by atomic mass is 32.2. The number of carbonyl (C=O) groups is 6. The second-order valence-corrected chi connectivity index (χ2v) is 23.6. The molecule has 3 saturated carbocycles. The number of nitrogens with one attached hydrogen (secondary N) is 3. The molecule has 3 aliphatic carbocycles. The normalized spacial score (nSPS) is 19.9. The van der Waals surface area contributed by atoms with E-state index in [1.54, 1.807) is 24.3 Å². The number of carboxylic acid groups (broad SMARTS) is 1. The molecule has 0 radical (unpaired) electrons. The molecule has 4 N–H and O–H groups in total. The zero-order valence-electron chi connectivity index (χ0n) is 44.0. The Bertz CT molecular complexity index is 3380. The number of hydrogen-bond acceptors (Lipinski definition) is 8. The fraction of sp³-hybridized carbons (Fsp3) is 0.448. The Labute approximate surface area is 443 Å². The van der Waals surface area contributed by atoms with Gasteiger partial charge in [0, 0.05) is 97.2 Å². The second-order valence-electron chi connectivity index (χ2n) is 21.9. The predicted octanol–water partition coefficient (Wildman–Crippen LogP) is 8.52. The van der Waals surface area contributed by atoms with Crippen molar-refractivity contribution in [2.75, 3.05) is 27.7 Å². The summed E-state index contributed by atoms with van der Waals surface area (Å²) in [6.45, 7) is 3.07. The van der Waals surface area contributed by atoms with E-state index in [1.807, 2.05) is 48.6 Å². The number of aromatic carboxylic acids is 1. The van der Waals surface area contributed by atoms with Crippen LogP contribution in [-0.4, -0.2) is 100 Å². The van der Waals surface area contributed by atoms with Crippen molar-refractivity contribution in [2.24, 2.45) is 11.8 Å². The van der Waals surface area contributed by atoms with Gasteiger partial charge in [-0.25, -0.2) is 9.52 Å². The Hall–Kier alpha value is -7.05.